The Balaban J connectivity index is 1.70. The molecule has 0 aromatic carbocycles. The molecule has 3 rings (SSSR count). The Hall–Kier alpha value is -2.61. The quantitative estimate of drug-likeness (QED) is 0.647. The number of rotatable bonds is 8. The highest BCUT2D eigenvalue weighted by molar-refractivity contribution is 5.92. The molecular formula is C19H28N6O2. The smallest absolute Gasteiger partial charge is 0.267 e. The second kappa shape index (κ2) is 8.85. The minimum absolute atomic E-state index is 0.00252. The summed E-state index contributed by atoms with van der Waals surface area (Å²) < 4.78 is 2.12. The summed E-state index contributed by atoms with van der Waals surface area (Å²) in [6.07, 6.45) is 7.11. The zero-order chi connectivity index (χ0) is 19.2. The lowest BCUT2D eigenvalue weighted by Gasteiger charge is -2.23. The fourth-order valence-electron chi connectivity index (χ4n) is 3.60. The average molecular weight is 372 g/mol. The molecule has 0 radical (unpaired) electrons. The van der Waals surface area contributed by atoms with Crippen molar-refractivity contribution in [1.82, 2.24) is 30.1 Å². The molecule has 1 aliphatic rings. The van der Waals surface area contributed by atoms with Crippen molar-refractivity contribution in [3.63, 3.8) is 0 Å². The number of amides is 2. The molecule has 0 saturated carbocycles. The van der Waals surface area contributed by atoms with Gasteiger partial charge in [-0.3, -0.25) is 14.5 Å². The summed E-state index contributed by atoms with van der Waals surface area (Å²) in [5.74, 6) is 0.805. The number of H-pyrrole nitrogens is 1. The number of hydrogen-bond acceptors (Lipinski definition) is 4. The topological polar surface area (TPSA) is 95.1 Å². The van der Waals surface area contributed by atoms with Gasteiger partial charge in [-0.1, -0.05) is 6.92 Å². The Kier molecular flexibility index (Phi) is 6.28. The van der Waals surface area contributed by atoms with E-state index >= 15 is 0 Å². The summed E-state index contributed by atoms with van der Waals surface area (Å²) in [5.41, 5.74) is 0.529. The molecule has 3 N–H and O–H groups in total. The molecule has 2 aromatic heterocycles. The minimum atomic E-state index is -0.273. The molecule has 8 heteroatoms. The predicted octanol–water partition coefficient (Wildman–Crippen LogP) is 1.13. The molecule has 0 bridgehead atoms. The van der Waals surface area contributed by atoms with Gasteiger partial charge in [-0.05, 0) is 31.9 Å². The van der Waals surface area contributed by atoms with Gasteiger partial charge in [-0.25, -0.2) is 4.98 Å². The van der Waals surface area contributed by atoms with Crippen LogP contribution in [0.2, 0.25) is 0 Å². The first-order valence-electron chi connectivity index (χ1n) is 9.58. The number of imidazole rings is 1. The molecule has 3 heterocycles. The lowest BCUT2D eigenvalue weighted by atomic mass is 10.1. The molecule has 2 aromatic rings. The van der Waals surface area contributed by atoms with E-state index in [9.17, 15) is 9.59 Å². The third-order valence-corrected chi connectivity index (χ3v) is 4.85. The van der Waals surface area contributed by atoms with Gasteiger partial charge in [0.25, 0.3) is 5.91 Å². The van der Waals surface area contributed by atoms with Gasteiger partial charge < -0.3 is 20.2 Å². The van der Waals surface area contributed by atoms with Crippen LogP contribution in [0.3, 0.4) is 0 Å². The Morgan fingerprint density at radius 1 is 1.37 bits per heavy atom. The molecule has 1 fully saturated rings. The number of likely N-dealkylation sites (tertiary alicyclic amines) is 1. The fourth-order valence-corrected chi connectivity index (χ4v) is 3.60. The average Bonchev–Trinajstić information content (AvgIpc) is 3.38. The third-order valence-electron chi connectivity index (χ3n) is 4.85. The maximum absolute atomic E-state index is 12.6. The van der Waals surface area contributed by atoms with Crippen molar-refractivity contribution in [3.8, 4) is 0 Å². The van der Waals surface area contributed by atoms with Gasteiger partial charge in [-0.2, -0.15) is 0 Å². The van der Waals surface area contributed by atoms with Crippen LogP contribution in [0.15, 0.2) is 30.7 Å². The monoisotopic (exact) mass is 372 g/mol. The Bertz CT molecular complexity index is 754. The number of nitrogens with one attached hydrogen (secondary N) is 3. The van der Waals surface area contributed by atoms with Crippen LogP contribution in [0.5, 0.6) is 0 Å². The standard InChI is InChI=1S/C19H28N6O2/c1-3-9-24-10-8-22-17(24)13-25-12-14(11-16(25)19(27)20-4-2)23-18(26)15-6-5-7-21-15/h5-8,10,14,16,21H,3-4,9,11-13H2,1-2H3,(H,20,27)(H,23,26)/t14-,16+/m1/s1. The lowest BCUT2D eigenvalue weighted by Crippen LogP contribution is -2.43. The third kappa shape index (κ3) is 4.57. The minimum Gasteiger partial charge on any atom is -0.357 e. The van der Waals surface area contributed by atoms with Gasteiger partial charge in [0.15, 0.2) is 0 Å². The van der Waals surface area contributed by atoms with Crippen molar-refractivity contribution in [2.24, 2.45) is 0 Å². The molecule has 146 valence electrons. The number of aromatic amines is 1. The van der Waals surface area contributed by atoms with Crippen molar-refractivity contribution < 1.29 is 9.59 Å². The van der Waals surface area contributed by atoms with Gasteiger partial charge in [0, 0.05) is 44.3 Å². The SMILES string of the molecule is CCCn1ccnc1CN1C[C@H](NC(=O)c2ccc[nH]2)C[C@H]1C(=O)NCC. The van der Waals surface area contributed by atoms with Gasteiger partial charge in [0.2, 0.25) is 5.91 Å². The van der Waals surface area contributed by atoms with Crippen molar-refractivity contribution in [2.45, 2.75) is 51.9 Å². The van der Waals surface area contributed by atoms with Gasteiger partial charge >= 0.3 is 0 Å². The maximum atomic E-state index is 12.6. The molecular weight excluding hydrogens is 344 g/mol. The highest BCUT2D eigenvalue weighted by atomic mass is 16.2. The van der Waals surface area contributed by atoms with E-state index in [1.807, 2.05) is 13.1 Å². The lowest BCUT2D eigenvalue weighted by molar-refractivity contribution is -0.125. The normalized spacial score (nSPS) is 19.9. The number of nitrogens with zero attached hydrogens (tertiary/aromatic N) is 3. The van der Waals surface area contributed by atoms with E-state index in [0.717, 1.165) is 18.8 Å². The van der Waals surface area contributed by atoms with Crippen molar-refractivity contribution in [3.05, 3.63) is 42.2 Å². The molecule has 1 aliphatic heterocycles. The first kappa shape index (κ1) is 19.2. The van der Waals surface area contributed by atoms with E-state index in [2.05, 4.69) is 37.0 Å². The van der Waals surface area contributed by atoms with E-state index in [4.69, 9.17) is 0 Å². The molecule has 1 saturated heterocycles. The number of likely N-dealkylation sites (N-methyl/N-ethyl adjacent to an activating group) is 1. The van der Waals surface area contributed by atoms with E-state index in [0.29, 0.717) is 31.7 Å². The molecule has 0 unspecified atom stereocenters. The summed E-state index contributed by atoms with van der Waals surface area (Å²) in [6.45, 7) is 6.74. The van der Waals surface area contributed by atoms with Crippen LogP contribution < -0.4 is 10.6 Å². The van der Waals surface area contributed by atoms with Crippen molar-refractivity contribution in [2.75, 3.05) is 13.1 Å². The van der Waals surface area contributed by atoms with Gasteiger partial charge in [-0.15, -0.1) is 0 Å². The summed E-state index contributed by atoms with van der Waals surface area (Å²) >= 11 is 0. The number of hydrogen-bond donors (Lipinski definition) is 3. The predicted molar refractivity (Wildman–Crippen MR) is 102 cm³/mol. The maximum Gasteiger partial charge on any atom is 0.267 e. The van der Waals surface area contributed by atoms with Gasteiger partial charge in [0.05, 0.1) is 12.6 Å². The number of aromatic nitrogens is 3. The van der Waals surface area contributed by atoms with Crippen molar-refractivity contribution in [1.29, 1.82) is 0 Å². The summed E-state index contributed by atoms with van der Waals surface area (Å²) in [7, 11) is 0. The van der Waals surface area contributed by atoms with E-state index in [-0.39, 0.29) is 23.9 Å². The second-order valence-electron chi connectivity index (χ2n) is 6.87. The first-order valence-corrected chi connectivity index (χ1v) is 9.58. The highest BCUT2D eigenvalue weighted by Gasteiger charge is 2.37. The van der Waals surface area contributed by atoms with Crippen LogP contribution in [0.1, 0.15) is 43.0 Å². The van der Waals surface area contributed by atoms with Crippen LogP contribution in [-0.4, -0.2) is 56.4 Å². The van der Waals surface area contributed by atoms with Crippen LogP contribution in [0, 0.1) is 0 Å². The number of carbonyl (C=O) groups excluding carboxylic acids is 2. The molecule has 0 aliphatic carbocycles. The van der Waals surface area contributed by atoms with Crippen LogP contribution in [-0.2, 0) is 17.9 Å². The zero-order valence-corrected chi connectivity index (χ0v) is 15.9. The van der Waals surface area contributed by atoms with Crippen LogP contribution >= 0.6 is 0 Å². The summed E-state index contributed by atoms with van der Waals surface area (Å²) in [4.78, 5) is 34.4. The summed E-state index contributed by atoms with van der Waals surface area (Å²) in [5, 5.41) is 5.95. The van der Waals surface area contributed by atoms with Crippen LogP contribution in [0.25, 0.3) is 0 Å². The Labute approximate surface area is 159 Å². The highest BCUT2D eigenvalue weighted by Crippen LogP contribution is 2.21. The van der Waals surface area contributed by atoms with Gasteiger partial charge in [0.1, 0.15) is 11.5 Å². The Morgan fingerprint density at radius 3 is 2.93 bits per heavy atom. The zero-order valence-electron chi connectivity index (χ0n) is 15.9. The largest absolute Gasteiger partial charge is 0.357 e. The fraction of sp³-hybridized carbons (Fsp3) is 0.526. The molecule has 0 spiro atoms. The second-order valence-corrected chi connectivity index (χ2v) is 6.87. The summed E-state index contributed by atoms with van der Waals surface area (Å²) in [6, 6.07) is 3.18. The molecule has 2 atom stereocenters. The van der Waals surface area contributed by atoms with E-state index < -0.39 is 0 Å². The van der Waals surface area contributed by atoms with E-state index in [1.165, 1.54) is 0 Å². The van der Waals surface area contributed by atoms with E-state index in [1.54, 1.807) is 24.5 Å². The van der Waals surface area contributed by atoms with Crippen LogP contribution in [0.4, 0.5) is 0 Å². The first-order chi connectivity index (χ1) is 13.1. The molecule has 2 amide bonds. The van der Waals surface area contributed by atoms with Crippen molar-refractivity contribution >= 4 is 11.8 Å². The molecule has 8 nitrogen and oxygen atoms in total. The number of aryl methyl sites for hydroxylation is 1. The Morgan fingerprint density at radius 2 is 2.22 bits per heavy atom. The molecule has 27 heavy (non-hydrogen) atoms. The number of carbonyl (C=O) groups is 2.